The highest BCUT2D eigenvalue weighted by Gasteiger charge is 2.71. The van der Waals surface area contributed by atoms with Gasteiger partial charge in [0.1, 0.15) is 5.41 Å². The summed E-state index contributed by atoms with van der Waals surface area (Å²) in [5.74, 6) is -0.527. The van der Waals surface area contributed by atoms with Crippen LogP contribution in [0, 0.1) is 5.41 Å². The lowest BCUT2D eigenvalue weighted by atomic mass is 9.64. The van der Waals surface area contributed by atoms with Crippen LogP contribution in [0.25, 0.3) is 6.08 Å². The number of benzene rings is 3. The highest BCUT2D eigenvalue weighted by Crippen LogP contribution is 2.61. The number of nitrogens with zero attached hydrogens (tertiary/aromatic N) is 1. The lowest BCUT2D eigenvalue weighted by Gasteiger charge is -2.37. The van der Waals surface area contributed by atoms with Crippen LogP contribution in [0.5, 0.6) is 17.2 Å². The van der Waals surface area contributed by atoms with E-state index in [1.807, 2.05) is 29.2 Å². The number of Topliss-reactive ketones (excluding diaryl/α,β-unsaturated/α-hetero) is 3. The average Bonchev–Trinajstić information content (AvgIpc) is 3.38. The quantitative estimate of drug-likeness (QED) is 0.399. The Morgan fingerprint density at radius 2 is 1.51 bits per heavy atom. The second-order valence-corrected chi connectivity index (χ2v) is 10.4. The van der Waals surface area contributed by atoms with Crippen LogP contribution in [-0.4, -0.2) is 50.8 Å². The monoisotopic (exact) mass is 543 g/mol. The molecule has 0 saturated carbocycles. The van der Waals surface area contributed by atoms with E-state index in [9.17, 15) is 14.4 Å². The van der Waals surface area contributed by atoms with Gasteiger partial charge in [0.2, 0.25) is 5.75 Å². The van der Waals surface area contributed by atoms with Gasteiger partial charge in [-0.25, -0.2) is 0 Å². The van der Waals surface area contributed by atoms with Crippen molar-refractivity contribution in [2.75, 3.05) is 26.2 Å². The zero-order valence-electron chi connectivity index (χ0n) is 21.9. The molecule has 1 spiro atoms. The second kappa shape index (κ2) is 8.99. The van der Waals surface area contributed by atoms with Gasteiger partial charge in [-0.3, -0.25) is 14.4 Å². The summed E-state index contributed by atoms with van der Waals surface area (Å²) < 4.78 is 16.8. The minimum absolute atomic E-state index is 0.177. The lowest BCUT2D eigenvalue weighted by Crippen LogP contribution is -2.48. The van der Waals surface area contributed by atoms with Gasteiger partial charge in [-0.05, 0) is 48.4 Å². The molecular formula is C31H26ClNO6. The molecular weight excluding hydrogens is 518 g/mol. The predicted molar refractivity (Wildman–Crippen MR) is 148 cm³/mol. The van der Waals surface area contributed by atoms with Gasteiger partial charge in [0.25, 0.3) is 0 Å². The highest BCUT2D eigenvalue weighted by molar-refractivity contribution is 6.32. The maximum absolute atomic E-state index is 14.5. The van der Waals surface area contributed by atoms with Crippen LogP contribution in [0.1, 0.15) is 44.7 Å². The molecule has 2 aliphatic heterocycles. The van der Waals surface area contributed by atoms with Gasteiger partial charge in [-0.1, -0.05) is 48.0 Å². The van der Waals surface area contributed by atoms with Crippen LogP contribution < -0.4 is 19.1 Å². The van der Waals surface area contributed by atoms with Gasteiger partial charge in [0, 0.05) is 27.8 Å². The Bertz CT molecular complexity index is 1530. The van der Waals surface area contributed by atoms with Crippen molar-refractivity contribution in [1.82, 2.24) is 0 Å². The predicted octanol–water partition coefficient (Wildman–Crippen LogP) is 5.39. The van der Waals surface area contributed by atoms with Gasteiger partial charge in [-0.15, -0.1) is 0 Å². The van der Waals surface area contributed by atoms with E-state index in [1.165, 1.54) is 28.3 Å². The Balaban J connectivity index is 1.69. The number of rotatable bonds is 5. The zero-order chi connectivity index (χ0) is 27.6. The van der Waals surface area contributed by atoms with E-state index in [0.29, 0.717) is 39.0 Å². The Kier molecular flexibility index (Phi) is 5.81. The van der Waals surface area contributed by atoms with E-state index in [-0.39, 0.29) is 17.3 Å². The van der Waals surface area contributed by atoms with Crippen molar-refractivity contribution < 1.29 is 28.6 Å². The molecule has 1 aliphatic carbocycles. The Morgan fingerprint density at radius 1 is 0.897 bits per heavy atom. The van der Waals surface area contributed by atoms with Gasteiger partial charge >= 0.3 is 0 Å². The smallest absolute Gasteiger partial charge is 0.203 e. The molecule has 0 aromatic heterocycles. The molecule has 7 nitrogen and oxygen atoms in total. The van der Waals surface area contributed by atoms with Crippen molar-refractivity contribution in [1.29, 1.82) is 0 Å². The molecule has 198 valence electrons. The fourth-order valence-electron chi connectivity index (χ4n) is 6.75. The van der Waals surface area contributed by atoms with Crippen LogP contribution in [0.2, 0.25) is 5.02 Å². The average molecular weight is 544 g/mol. The minimum atomic E-state index is -1.60. The number of ketones is 3. The van der Waals surface area contributed by atoms with Crippen molar-refractivity contribution in [3.63, 3.8) is 0 Å². The third kappa shape index (κ3) is 3.26. The summed E-state index contributed by atoms with van der Waals surface area (Å²) in [6.07, 6.45) is 3.73. The summed E-state index contributed by atoms with van der Waals surface area (Å²) >= 11 is 6.30. The van der Waals surface area contributed by atoms with Crippen LogP contribution in [-0.2, 0) is 4.79 Å². The van der Waals surface area contributed by atoms with E-state index in [1.54, 1.807) is 42.5 Å². The SMILES string of the molecule is COc1cc([C@H]2[C@H](C(C)=O)N3c4ccc(Cl)cc4C=C[C@@H]3C23C(=O)c2ccccc2C3=O)cc(OC)c1OC. The number of carbonyl (C=O) groups excluding carboxylic acids is 3. The topological polar surface area (TPSA) is 82.1 Å². The van der Waals surface area contributed by atoms with Crippen molar-refractivity contribution in [3.05, 3.63) is 87.9 Å². The molecule has 0 amide bonds. The number of carbonyl (C=O) groups is 3. The van der Waals surface area contributed by atoms with Gasteiger partial charge in [-0.2, -0.15) is 0 Å². The maximum Gasteiger partial charge on any atom is 0.203 e. The second-order valence-electron chi connectivity index (χ2n) is 9.98. The summed E-state index contributed by atoms with van der Waals surface area (Å²) in [5, 5.41) is 0.548. The van der Waals surface area contributed by atoms with E-state index in [0.717, 1.165) is 11.3 Å². The molecule has 6 rings (SSSR count). The van der Waals surface area contributed by atoms with Crippen LogP contribution >= 0.6 is 11.6 Å². The first kappa shape index (κ1) is 25.2. The molecule has 3 aliphatic rings. The molecule has 3 aromatic rings. The largest absolute Gasteiger partial charge is 0.493 e. The molecule has 2 heterocycles. The number of halogens is 1. The van der Waals surface area contributed by atoms with Gasteiger partial charge < -0.3 is 19.1 Å². The number of hydrogen-bond donors (Lipinski definition) is 0. The lowest BCUT2D eigenvalue weighted by molar-refractivity contribution is -0.118. The van der Waals surface area contributed by atoms with E-state index in [2.05, 4.69) is 0 Å². The van der Waals surface area contributed by atoms with Crippen molar-refractivity contribution in [3.8, 4) is 17.2 Å². The van der Waals surface area contributed by atoms with Crippen LogP contribution in [0.4, 0.5) is 5.69 Å². The van der Waals surface area contributed by atoms with Crippen molar-refractivity contribution in [2.45, 2.75) is 24.9 Å². The van der Waals surface area contributed by atoms with E-state index < -0.39 is 23.4 Å². The number of anilines is 1. The van der Waals surface area contributed by atoms with Crippen LogP contribution in [0.3, 0.4) is 0 Å². The molecule has 1 fully saturated rings. The molecule has 3 atom stereocenters. The summed E-state index contributed by atoms with van der Waals surface area (Å²) in [7, 11) is 4.51. The first-order valence-electron chi connectivity index (χ1n) is 12.5. The molecule has 39 heavy (non-hydrogen) atoms. The highest BCUT2D eigenvalue weighted by atomic mass is 35.5. The van der Waals surface area contributed by atoms with Crippen molar-refractivity contribution >= 4 is 40.7 Å². The molecule has 0 unspecified atom stereocenters. The number of fused-ring (bicyclic) bond motifs is 5. The third-order valence-corrected chi connectivity index (χ3v) is 8.46. The molecule has 3 aromatic carbocycles. The summed E-state index contributed by atoms with van der Waals surface area (Å²) in [4.78, 5) is 44.6. The third-order valence-electron chi connectivity index (χ3n) is 8.23. The zero-order valence-corrected chi connectivity index (χ0v) is 22.6. The molecule has 0 radical (unpaired) electrons. The standard InChI is InChI=1S/C31H26ClNO6/c1-16(34)27-26(18-14-23(37-2)28(39-4)24(15-18)38-3)31(29(35)20-7-5-6-8-21(20)30(31)36)25-12-9-17-13-19(32)10-11-22(17)33(25)27/h5-15,25-27H,1-4H3/t25-,26+,27+/m1/s1. The molecule has 0 N–H and O–H groups in total. The number of hydrogen-bond acceptors (Lipinski definition) is 7. The van der Waals surface area contributed by atoms with Crippen LogP contribution in [0.15, 0.2) is 60.7 Å². The first-order chi connectivity index (χ1) is 18.8. The molecule has 8 heteroatoms. The first-order valence-corrected chi connectivity index (χ1v) is 12.9. The minimum Gasteiger partial charge on any atom is -0.493 e. The van der Waals surface area contributed by atoms with E-state index >= 15 is 0 Å². The number of ether oxygens (including phenoxy) is 3. The van der Waals surface area contributed by atoms with Gasteiger partial charge in [0.05, 0.1) is 33.4 Å². The Hall–Kier alpha value is -4.10. The summed E-state index contributed by atoms with van der Waals surface area (Å²) in [5.41, 5.74) is 1.23. The fourth-order valence-corrected chi connectivity index (χ4v) is 6.94. The maximum atomic E-state index is 14.5. The van der Waals surface area contributed by atoms with E-state index in [4.69, 9.17) is 25.8 Å². The normalized spacial score (nSPS) is 22.0. The summed E-state index contributed by atoms with van der Waals surface area (Å²) in [6, 6.07) is 14.2. The Labute approximate surface area is 230 Å². The van der Waals surface area contributed by atoms with Crippen molar-refractivity contribution in [2.24, 2.45) is 5.41 Å². The molecule has 1 saturated heterocycles. The number of methoxy groups -OCH3 is 3. The fraction of sp³-hybridized carbons (Fsp3) is 0.258. The van der Waals surface area contributed by atoms with Gasteiger partial charge in [0.15, 0.2) is 28.8 Å². The molecule has 0 bridgehead atoms. The Morgan fingerprint density at radius 3 is 2.05 bits per heavy atom. The summed E-state index contributed by atoms with van der Waals surface area (Å²) in [6.45, 7) is 1.50.